The summed E-state index contributed by atoms with van der Waals surface area (Å²) in [5.74, 6) is 1.36. The smallest absolute Gasteiger partial charge is 0.196 e. The molecule has 0 N–H and O–H groups in total. The van der Waals surface area contributed by atoms with E-state index in [2.05, 4.69) is 56.3 Å². The SMILES string of the molecule is COC(C)Oc1ccc2c3cccc(C(C)C)cc-3cc2c1. The Labute approximate surface area is 132 Å². The summed E-state index contributed by atoms with van der Waals surface area (Å²) in [6, 6.07) is 17.3. The van der Waals surface area contributed by atoms with Crippen LogP contribution >= 0.6 is 0 Å². The maximum atomic E-state index is 5.73. The lowest BCUT2D eigenvalue weighted by Crippen LogP contribution is -2.13. The fraction of sp³-hybridized carbons (Fsp3) is 0.300. The fourth-order valence-corrected chi connectivity index (χ4v) is 2.77. The van der Waals surface area contributed by atoms with Gasteiger partial charge in [-0.1, -0.05) is 44.2 Å². The Kier molecular flexibility index (Phi) is 4.04. The zero-order chi connectivity index (χ0) is 15.7. The molecule has 1 atom stereocenters. The van der Waals surface area contributed by atoms with E-state index in [1.54, 1.807) is 7.11 Å². The van der Waals surface area contributed by atoms with E-state index in [4.69, 9.17) is 9.47 Å². The van der Waals surface area contributed by atoms with Crippen molar-refractivity contribution in [2.75, 3.05) is 7.11 Å². The molecule has 0 bridgehead atoms. The summed E-state index contributed by atoms with van der Waals surface area (Å²) >= 11 is 0. The van der Waals surface area contributed by atoms with Crippen LogP contribution < -0.4 is 4.74 Å². The van der Waals surface area contributed by atoms with Crippen LogP contribution in [0.5, 0.6) is 5.75 Å². The van der Waals surface area contributed by atoms with Gasteiger partial charge in [0.1, 0.15) is 5.75 Å². The lowest BCUT2D eigenvalue weighted by atomic mass is 10.0. The topological polar surface area (TPSA) is 18.5 Å². The van der Waals surface area contributed by atoms with E-state index >= 15 is 0 Å². The van der Waals surface area contributed by atoms with Crippen LogP contribution in [0, 0.1) is 0 Å². The molecule has 2 heteroatoms. The van der Waals surface area contributed by atoms with Crippen molar-refractivity contribution in [2.45, 2.75) is 33.0 Å². The molecule has 2 aliphatic rings. The van der Waals surface area contributed by atoms with E-state index in [0.29, 0.717) is 5.92 Å². The molecule has 1 unspecified atom stereocenters. The summed E-state index contributed by atoms with van der Waals surface area (Å²) < 4.78 is 10.9. The summed E-state index contributed by atoms with van der Waals surface area (Å²) in [4.78, 5) is 0. The van der Waals surface area contributed by atoms with Crippen molar-refractivity contribution in [2.24, 2.45) is 0 Å². The molecule has 1 aromatic rings. The molecule has 114 valence electrons. The molecule has 0 aromatic heterocycles. The molecule has 0 saturated carbocycles. The molecule has 0 saturated heterocycles. The number of rotatable bonds is 4. The van der Waals surface area contributed by atoms with Crippen LogP contribution in [0.1, 0.15) is 32.3 Å². The molecule has 0 fully saturated rings. The summed E-state index contributed by atoms with van der Waals surface area (Å²) in [6.07, 6.45) is -0.243. The zero-order valence-electron chi connectivity index (χ0n) is 13.6. The summed E-state index contributed by atoms with van der Waals surface area (Å²) in [6.45, 7) is 6.34. The Morgan fingerprint density at radius 2 is 1.73 bits per heavy atom. The number of fused-ring (bicyclic) bond motifs is 3. The van der Waals surface area contributed by atoms with Crippen molar-refractivity contribution >= 4 is 10.8 Å². The Morgan fingerprint density at radius 1 is 0.909 bits per heavy atom. The standard InChI is InChI=1S/C20H22O2/c1-13(2)15-6-5-7-19-16(10-15)11-17-12-18(8-9-20(17)19)22-14(3)21-4/h5-14H,1-4H3. The van der Waals surface area contributed by atoms with E-state index in [1.807, 2.05) is 13.0 Å². The number of benzene rings is 1. The van der Waals surface area contributed by atoms with Crippen LogP contribution in [0.25, 0.3) is 21.9 Å². The molecule has 0 aliphatic heterocycles. The fourth-order valence-electron chi connectivity index (χ4n) is 2.77. The van der Waals surface area contributed by atoms with Gasteiger partial charge < -0.3 is 9.47 Å². The average molecular weight is 294 g/mol. The van der Waals surface area contributed by atoms with Gasteiger partial charge in [0.05, 0.1) is 0 Å². The lowest BCUT2D eigenvalue weighted by Gasteiger charge is -2.12. The van der Waals surface area contributed by atoms with Crippen molar-refractivity contribution in [3.05, 3.63) is 54.1 Å². The third-order valence-electron chi connectivity index (χ3n) is 4.11. The second-order valence-electron chi connectivity index (χ2n) is 6.01. The molecule has 0 heterocycles. The highest BCUT2D eigenvalue weighted by molar-refractivity contribution is 6.02. The van der Waals surface area contributed by atoms with Gasteiger partial charge in [-0.15, -0.1) is 0 Å². The van der Waals surface area contributed by atoms with E-state index in [0.717, 1.165) is 5.75 Å². The van der Waals surface area contributed by atoms with Gasteiger partial charge in [0.2, 0.25) is 0 Å². The normalized spacial score (nSPS) is 13.0. The van der Waals surface area contributed by atoms with Crippen LogP contribution in [0.15, 0.2) is 48.5 Å². The van der Waals surface area contributed by atoms with E-state index < -0.39 is 0 Å². The minimum absolute atomic E-state index is 0.243. The zero-order valence-corrected chi connectivity index (χ0v) is 13.6. The third-order valence-corrected chi connectivity index (χ3v) is 4.11. The Bertz CT molecular complexity index is 761. The lowest BCUT2D eigenvalue weighted by molar-refractivity contribution is -0.0381. The number of hydrogen-bond donors (Lipinski definition) is 0. The first-order chi connectivity index (χ1) is 10.6. The first kappa shape index (κ1) is 14.9. The van der Waals surface area contributed by atoms with Crippen LogP contribution in [0.3, 0.4) is 0 Å². The Hall–Kier alpha value is -2.06. The van der Waals surface area contributed by atoms with Gasteiger partial charge in [-0.2, -0.15) is 0 Å². The largest absolute Gasteiger partial charge is 0.465 e. The molecule has 22 heavy (non-hydrogen) atoms. The predicted molar refractivity (Wildman–Crippen MR) is 91.8 cm³/mol. The van der Waals surface area contributed by atoms with E-state index in [1.165, 1.54) is 27.5 Å². The van der Waals surface area contributed by atoms with Gasteiger partial charge in [0.15, 0.2) is 6.29 Å². The van der Waals surface area contributed by atoms with Gasteiger partial charge >= 0.3 is 0 Å². The van der Waals surface area contributed by atoms with E-state index in [9.17, 15) is 0 Å². The Morgan fingerprint density at radius 3 is 2.45 bits per heavy atom. The summed E-state index contributed by atoms with van der Waals surface area (Å²) in [7, 11) is 1.65. The first-order valence-electron chi connectivity index (χ1n) is 7.74. The van der Waals surface area contributed by atoms with Crippen molar-refractivity contribution in [1.29, 1.82) is 0 Å². The van der Waals surface area contributed by atoms with Crippen molar-refractivity contribution in [3.63, 3.8) is 0 Å². The molecule has 3 rings (SSSR count). The second-order valence-corrected chi connectivity index (χ2v) is 6.01. The van der Waals surface area contributed by atoms with Gasteiger partial charge in [-0.3, -0.25) is 0 Å². The Balaban J connectivity index is 2.09. The highest BCUT2D eigenvalue weighted by Gasteiger charge is 2.11. The molecular weight excluding hydrogens is 272 g/mol. The highest BCUT2D eigenvalue weighted by atomic mass is 16.7. The van der Waals surface area contributed by atoms with Crippen LogP contribution in [-0.2, 0) is 4.74 Å². The van der Waals surface area contributed by atoms with Crippen molar-refractivity contribution in [3.8, 4) is 16.9 Å². The second kappa shape index (κ2) is 5.98. The molecule has 1 aromatic carbocycles. The maximum Gasteiger partial charge on any atom is 0.196 e. The third kappa shape index (κ3) is 2.79. The molecule has 0 amide bonds. The average Bonchev–Trinajstić information content (AvgIpc) is 2.68. The maximum absolute atomic E-state index is 5.73. The van der Waals surface area contributed by atoms with Crippen LogP contribution in [0.4, 0.5) is 0 Å². The first-order valence-corrected chi connectivity index (χ1v) is 7.74. The molecular formula is C20H22O2. The summed E-state index contributed by atoms with van der Waals surface area (Å²) in [5.41, 5.74) is 3.92. The van der Waals surface area contributed by atoms with Gasteiger partial charge in [0.25, 0.3) is 0 Å². The molecule has 0 radical (unpaired) electrons. The summed E-state index contributed by atoms with van der Waals surface area (Å²) in [5, 5.41) is 2.47. The minimum Gasteiger partial charge on any atom is -0.465 e. The van der Waals surface area contributed by atoms with E-state index in [-0.39, 0.29) is 6.29 Å². The predicted octanol–water partition coefficient (Wildman–Crippen LogP) is 5.44. The van der Waals surface area contributed by atoms with Gasteiger partial charge in [-0.05, 0) is 58.5 Å². The van der Waals surface area contributed by atoms with Gasteiger partial charge in [-0.25, -0.2) is 0 Å². The number of methoxy groups -OCH3 is 1. The van der Waals surface area contributed by atoms with Crippen molar-refractivity contribution < 1.29 is 9.47 Å². The molecule has 0 spiro atoms. The molecule has 2 nitrogen and oxygen atoms in total. The molecule has 2 aliphatic carbocycles. The van der Waals surface area contributed by atoms with Crippen molar-refractivity contribution in [1.82, 2.24) is 0 Å². The minimum atomic E-state index is -0.243. The number of ether oxygens (including phenoxy) is 2. The van der Waals surface area contributed by atoms with Crippen LogP contribution in [-0.4, -0.2) is 13.4 Å². The van der Waals surface area contributed by atoms with Crippen LogP contribution in [0.2, 0.25) is 0 Å². The van der Waals surface area contributed by atoms with Gasteiger partial charge in [0, 0.05) is 7.11 Å². The highest BCUT2D eigenvalue weighted by Crippen LogP contribution is 2.36. The quantitative estimate of drug-likeness (QED) is 0.596. The number of hydrogen-bond acceptors (Lipinski definition) is 2. The monoisotopic (exact) mass is 294 g/mol.